The zero-order valence-corrected chi connectivity index (χ0v) is 21.2. The summed E-state index contributed by atoms with van der Waals surface area (Å²) in [6.45, 7) is 1.52. The zero-order chi connectivity index (χ0) is 26.1. The smallest absolute Gasteiger partial charge is 0.315 e. The van der Waals surface area contributed by atoms with E-state index in [9.17, 15) is 19.5 Å². The van der Waals surface area contributed by atoms with Crippen LogP contribution >= 0.6 is 23.2 Å². The maximum absolute atomic E-state index is 13.4. The molecule has 0 spiro atoms. The van der Waals surface area contributed by atoms with Gasteiger partial charge in [0, 0.05) is 32.0 Å². The number of carbonyl (C=O) groups excluding carboxylic acids is 2. The molecule has 1 aromatic carbocycles. The number of rotatable bonds is 6. The molecule has 4 heterocycles. The molecule has 1 saturated heterocycles. The van der Waals surface area contributed by atoms with Crippen LogP contribution in [0.2, 0.25) is 10.0 Å². The zero-order valence-electron chi connectivity index (χ0n) is 19.6. The van der Waals surface area contributed by atoms with Gasteiger partial charge in [0.1, 0.15) is 18.2 Å². The summed E-state index contributed by atoms with van der Waals surface area (Å²) in [5.41, 5.74) is -0.942. The molecule has 1 fully saturated rings. The minimum atomic E-state index is -0.920. The molecular weight excluding hydrogens is 521 g/mol. The Bertz CT molecular complexity index is 1390. The summed E-state index contributed by atoms with van der Waals surface area (Å²) < 4.78 is 7.24. The fourth-order valence-corrected chi connectivity index (χ4v) is 5.30. The van der Waals surface area contributed by atoms with Crippen LogP contribution in [0.3, 0.4) is 0 Å². The molecule has 2 aliphatic rings. The Kier molecular flexibility index (Phi) is 7.03. The minimum Gasteiger partial charge on any atom is -0.501 e. The van der Waals surface area contributed by atoms with E-state index in [-0.39, 0.29) is 46.8 Å². The van der Waals surface area contributed by atoms with Gasteiger partial charge in [0.2, 0.25) is 5.75 Å². The van der Waals surface area contributed by atoms with Crippen molar-refractivity contribution in [2.24, 2.45) is 0 Å². The van der Waals surface area contributed by atoms with Crippen LogP contribution in [0.15, 0.2) is 47.5 Å². The number of benzene rings is 1. The topological polar surface area (TPSA) is 118 Å². The molecule has 192 valence electrons. The van der Waals surface area contributed by atoms with Crippen molar-refractivity contribution in [1.82, 2.24) is 24.3 Å². The molecule has 1 N–H and O–H groups in total. The van der Waals surface area contributed by atoms with E-state index in [1.54, 1.807) is 9.47 Å². The Morgan fingerprint density at radius 2 is 1.81 bits per heavy atom. The first-order valence-electron chi connectivity index (χ1n) is 11.8. The second kappa shape index (κ2) is 10.4. The van der Waals surface area contributed by atoms with Gasteiger partial charge in [0.05, 0.1) is 28.2 Å². The fourth-order valence-electron chi connectivity index (χ4n) is 4.77. The molecular formula is C25H23Cl2N5O5. The van der Waals surface area contributed by atoms with Crippen molar-refractivity contribution < 1.29 is 19.4 Å². The van der Waals surface area contributed by atoms with Crippen molar-refractivity contribution in [3.8, 4) is 11.5 Å². The first-order chi connectivity index (χ1) is 17.9. The van der Waals surface area contributed by atoms with Crippen LogP contribution in [0.25, 0.3) is 0 Å². The van der Waals surface area contributed by atoms with Gasteiger partial charge in [-0.05, 0) is 25.0 Å². The Hall–Kier alpha value is -3.63. The van der Waals surface area contributed by atoms with Gasteiger partial charge in [-0.15, -0.1) is 0 Å². The number of ether oxygens (including phenoxy) is 1. The van der Waals surface area contributed by atoms with E-state index in [4.69, 9.17) is 27.9 Å². The summed E-state index contributed by atoms with van der Waals surface area (Å²) in [6.07, 6.45) is 3.85. The summed E-state index contributed by atoms with van der Waals surface area (Å²) in [4.78, 5) is 50.4. The third-order valence-corrected chi connectivity index (χ3v) is 7.10. The van der Waals surface area contributed by atoms with E-state index >= 15 is 0 Å². The first-order valence-corrected chi connectivity index (χ1v) is 12.5. The third-order valence-electron chi connectivity index (χ3n) is 6.52. The Labute approximate surface area is 222 Å². The number of fused-ring (bicyclic) bond motifs is 1. The van der Waals surface area contributed by atoms with Gasteiger partial charge in [0.25, 0.3) is 11.8 Å². The molecule has 2 amide bonds. The molecule has 1 atom stereocenters. The molecule has 10 nitrogen and oxygen atoms in total. The molecule has 0 radical (unpaired) electrons. The van der Waals surface area contributed by atoms with E-state index in [2.05, 4.69) is 9.97 Å². The van der Waals surface area contributed by atoms with Gasteiger partial charge >= 0.3 is 5.56 Å². The summed E-state index contributed by atoms with van der Waals surface area (Å²) in [6, 6.07) is 8.62. The minimum absolute atomic E-state index is 0.115. The fraction of sp³-hybridized carbons (Fsp3) is 0.320. The van der Waals surface area contributed by atoms with Crippen LogP contribution in [0.1, 0.15) is 45.6 Å². The molecule has 3 aromatic rings. The number of likely N-dealkylation sites (tertiary alicyclic amines) is 1. The largest absolute Gasteiger partial charge is 0.501 e. The number of hydrogen-bond acceptors (Lipinski definition) is 7. The maximum atomic E-state index is 13.4. The molecule has 5 rings (SSSR count). The van der Waals surface area contributed by atoms with E-state index in [0.29, 0.717) is 31.7 Å². The first kappa shape index (κ1) is 25.0. The lowest BCUT2D eigenvalue weighted by Gasteiger charge is -2.33. The van der Waals surface area contributed by atoms with Crippen molar-refractivity contribution in [1.29, 1.82) is 0 Å². The second-order valence-corrected chi connectivity index (χ2v) is 9.53. The van der Waals surface area contributed by atoms with Gasteiger partial charge in [-0.3, -0.25) is 19.4 Å². The van der Waals surface area contributed by atoms with Crippen molar-refractivity contribution >= 4 is 35.0 Å². The van der Waals surface area contributed by atoms with Gasteiger partial charge in [-0.2, -0.15) is 4.98 Å². The van der Waals surface area contributed by atoms with Crippen LogP contribution in [-0.2, 0) is 6.54 Å². The highest BCUT2D eigenvalue weighted by Gasteiger charge is 2.39. The molecule has 12 heteroatoms. The van der Waals surface area contributed by atoms with Crippen LogP contribution in [0.4, 0.5) is 0 Å². The summed E-state index contributed by atoms with van der Waals surface area (Å²) in [5.74, 6) is -0.703. The number of pyridine rings is 1. The average molecular weight is 544 g/mol. The van der Waals surface area contributed by atoms with Crippen molar-refractivity contribution in [3.05, 3.63) is 80.2 Å². The molecule has 0 saturated carbocycles. The lowest BCUT2D eigenvalue weighted by molar-refractivity contribution is 0.0656. The number of halogens is 2. The van der Waals surface area contributed by atoms with Crippen molar-refractivity contribution in [2.75, 3.05) is 26.2 Å². The number of carbonyl (C=O) groups is 2. The quantitative estimate of drug-likeness (QED) is 0.507. The Morgan fingerprint density at radius 1 is 1.08 bits per heavy atom. The van der Waals surface area contributed by atoms with E-state index in [1.165, 1.54) is 17.3 Å². The predicted molar refractivity (Wildman–Crippen MR) is 135 cm³/mol. The van der Waals surface area contributed by atoms with E-state index in [1.807, 2.05) is 30.3 Å². The molecule has 0 aliphatic carbocycles. The van der Waals surface area contributed by atoms with Gasteiger partial charge in [0.15, 0.2) is 5.69 Å². The molecule has 1 unspecified atom stereocenters. The molecule has 0 bridgehead atoms. The number of para-hydroxylation sites is 1. The van der Waals surface area contributed by atoms with Crippen LogP contribution in [-0.4, -0.2) is 67.5 Å². The van der Waals surface area contributed by atoms with Crippen LogP contribution in [0, 0.1) is 0 Å². The van der Waals surface area contributed by atoms with Crippen LogP contribution in [0.5, 0.6) is 11.5 Å². The van der Waals surface area contributed by atoms with Gasteiger partial charge in [-0.25, -0.2) is 0 Å². The normalized spacial score (nSPS) is 17.1. The monoisotopic (exact) mass is 543 g/mol. The number of hydrogen-bond donors (Lipinski definition) is 1. The second-order valence-electron chi connectivity index (χ2n) is 8.71. The lowest BCUT2D eigenvalue weighted by atomic mass is 10.1. The predicted octanol–water partition coefficient (Wildman–Crippen LogP) is 3.16. The average Bonchev–Trinajstić information content (AvgIpc) is 3.37. The summed E-state index contributed by atoms with van der Waals surface area (Å²) in [5, 5.41) is 10.8. The highest BCUT2D eigenvalue weighted by atomic mass is 35.5. The van der Waals surface area contributed by atoms with E-state index in [0.717, 1.165) is 0 Å². The van der Waals surface area contributed by atoms with Crippen molar-refractivity contribution in [3.63, 3.8) is 0 Å². The summed E-state index contributed by atoms with van der Waals surface area (Å²) >= 11 is 12.4. The lowest BCUT2D eigenvalue weighted by Crippen LogP contribution is -2.46. The maximum Gasteiger partial charge on any atom is 0.315 e. The number of aromatic hydroxyl groups is 1. The standard InChI is InChI=1S/C25H23Cl2N5O5/c26-16-13-28-14-17(27)19(16)24(35)31-8-4-7-18(31)22-29-23(34)21(33)20-25(36)30(9-10-32(20)22)11-12-37-15-5-2-1-3-6-15/h1-3,5-6,13-14,18,33H,4,7-12H2. The summed E-state index contributed by atoms with van der Waals surface area (Å²) in [7, 11) is 0. The van der Waals surface area contributed by atoms with Crippen LogP contribution < -0.4 is 10.3 Å². The number of aromatic nitrogens is 3. The third kappa shape index (κ3) is 4.74. The number of nitrogens with zero attached hydrogens (tertiary/aromatic N) is 5. The van der Waals surface area contributed by atoms with Crippen molar-refractivity contribution in [2.45, 2.75) is 25.4 Å². The molecule has 2 aromatic heterocycles. The number of amides is 2. The Balaban J connectivity index is 1.42. The molecule has 37 heavy (non-hydrogen) atoms. The Morgan fingerprint density at radius 3 is 2.54 bits per heavy atom. The van der Waals surface area contributed by atoms with E-state index < -0.39 is 29.2 Å². The SMILES string of the molecule is O=C1c2c(O)c(=O)nc(C3CCCN3C(=O)c3c(Cl)cncc3Cl)n2CCN1CCOc1ccccc1. The highest BCUT2D eigenvalue weighted by molar-refractivity contribution is 6.39. The molecule has 2 aliphatic heterocycles. The highest BCUT2D eigenvalue weighted by Crippen LogP contribution is 2.36. The van der Waals surface area contributed by atoms with Gasteiger partial charge in [-0.1, -0.05) is 41.4 Å². The van der Waals surface area contributed by atoms with Gasteiger partial charge < -0.3 is 24.2 Å².